The molecular formula is C29H36N6O4S. The van der Waals surface area contributed by atoms with Gasteiger partial charge in [-0.25, -0.2) is 8.42 Å². The van der Waals surface area contributed by atoms with Crippen LogP contribution in [-0.2, 0) is 26.0 Å². The van der Waals surface area contributed by atoms with Crippen LogP contribution < -0.4 is 16.8 Å². The number of sulfonamides is 1. The average Bonchev–Trinajstić information content (AvgIpc) is 3.44. The van der Waals surface area contributed by atoms with Gasteiger partial charge in [0.1, 0.15) is 12.1 Å². The number of benzene rings is 3. The molecule has 3 aromatic rings. The van der Waals surface area contributed by atoms with Crippen molar-refractivity contribution in [3.63, 3.8) is 0 Å². The van der Waals surface area contributed by atoms with Crippen molar-refractivity contribution in [1.29, 1.82) is 5.41 Å². The largest absolute Gasteiger partial charge is 0.370 e. The van der Waals surface area contributed by atoms with E-state index >= 15 is 0 Å². The molecule has 11 heteroatoms. The summed E-state index contributed by atoms with van der Waals surface area (Å²) in [6, 6.07) is 19.8. The molecule has 1 aliphatic rings. The van der Waals surface area contributed by atoms with E-state index in [1.165, 1.54) is 9.21 Å². The van der Waals surface area contributed by atoms with Crippen LogP contribution in [-0.4, -0.2) is 67.1 Å². The molecule has 2 atom stereocenters. The molecule has 0 saturated carbocycles. The first-order valence-electron chi connectivity index (χ1n) is 13.4. The fourth-order valence-corrected chi connectivity index (χ4v) is 6.85. The van der Waals surface area contributed by atoms with Gasteiger partial charge in [0.15, 0.2) is 5.96 Å². The Morgan fingerprint density at radius 3 is 2.40 bits per heavy atom. The molecule has 1 saturated heterocycles. The molecule has 0 bridgehead atoms. The molecule has 40 heavy (non-hydrogen) atoms. The number of hydrogen-bond acceptors (Lipinski definition) is 5. The van der Waals surface area contributed by atoms with E-state index in [-0.39, 0.29) is 23.8 Å². The number of hydrogen-bond donors (Lipinski definition) is 4. The third kappa shape index (κ3) is 6.78. The van der Waals surface area contributed by atoms with Crippen molar-refractivity contribution in [3.05, 3.63) is 78.4 Å². The number of nitrogens with one attached hydrogen (secondary N) is 2. The summed E-state index contributed by atoms with van der Waals surface area (Å²) in [7, 11) is -4.15. The van der Waals surface area contributed by atoms with Gasteiger partial charge in [-0.05, 0) is 60.6 Å². The molecule has 0 unspecified atom stereocenters. The third-order valence-electron chi connectivity index (χ3n) is 7.22. The van der Waals surface area contributed by atoms with Crippen LogP contribution in [0.15, 0.2) is 77.7 Å². The fourth-order valence-electron chi connectivity index (χ4n) is 5.19. The lowest BCUT2D eigenvalue weighted by molar-refractivity contribution is -0.140. The van der Waals surface area contributed by atoms with Gasteiger partial charge < -0.3 is 21.7 Å². The van der Waals surface area contributed by atoms with Crippen LogP contribution in [0.3, 0.4) is 0 Å². The van der Waals surface area contributed by atoms with Crippen LogP contribution in [0.1, 0.15) is 31.2 Å². The van der Waals surface area contributed by atoms with Crippen LogP contribution in [0.25, 0.3) is 10.8 Å². The van der Waals surface area contributed by atoms with Crippen LogP contribution in [0.4, 0.5) is 0 Å². The lowest BCUT2D eigenvalue weighted by Crippen LogP contribution is -2.55. The Morgan fingerprint density at radius 1 is 1.00 bits per heavy atom. The number of likely N-dealkylation sites (tertiary alicyclic amines) is 1. The smallest absolute Gasteiger partial charge is 0.243 e. The quantitative estimate of drug-likeness (QED) is 0.150. The maximum absolute atomic E-state index is 14.3. The van der Waals surface area contributed by atoms with Crippen molar-refractivity contribution in [1.82, 2.24) is 14.5 Å². The highest BCUT2D eigenvalue weighted by atomic mass is 32.2. The number of nitrogens with zero attached hydrogens (tertiary/aromatic N) is 2. The minimum absolute atomic E-state index is 0.0626. The van der Waals surface area contributed by atoms with Gasteiger partial charge in [0.2, 0.25) is 21.8 Å². The molecule has 6 N–H and O–H groups in total. The first-order valence-corrected chi connectivity index (χ1v) is 14.8. The number of fused-ring (bicyclic) bond motifs is 1. The SMILES string of the molecule is N=C(N)NCCCCN([C@@H](Cc1ccccc1)C(=O)N1CCC[C@H]1C(N)=O)S(=O)(=O)c1ccc2ccccc2c1. The van der Waals surface area contributed by atoms with Crippen LogP contribution in [0, 0.1) is 5.41 Å². The van der Waals surface area contributed by atoms with Crippen molar-refractivity contribution >= 4 is 38.6 Å². The second kappa shape index (κ2) is 12.9. The zero-order valence-corrected chi connectivity index (χ0v) is 23.1. The number of amides is 2. The Bertz CT molecular complexity index is 1460. The molecule has 2 amide bonds. The number of guanidine groups is 1. The highest BCUT2D eigenvalue weighted by Gasteiger charge is 2.42. The van der Waals surface area contributed by atoms with E-state index in [1.54, 1.807) is 18.2 Å². The van der Waals surface area contributed by atoms with E-state index in [4.69, 9.17) is 16.9 Å². The van der Waals surface area contributed by atoms with Crippen molar-refractivity contribution in [2.75, 3.05) is 19.6 Å². The maximum atomic E-state index is 14.3. The Morgan fingerprint density at radius 2 is 1.70 bits per heavy atom. The second-order valence-corrected chi connectivity index (χ2v) is 11.9. The van der Waals surface area contributed by atoms with Gasteiger partial charge in [0, 0.05) is 19.6 Å². The van der Waals surface area contributed by atoms with E-state index in [0.717, 1.165) is 16.3 Å². The molecule has 1 aliphatic heterocycles. The minimum atomic E-state index is -4.15. The second-order valence-electron chi connectivity index (χ2n) is 9.97. The van der Waals surface area contributed by atoms with Crippen LogP contribution >= 0.6 is 0 Å². The first-order chi connectivity index (χ1) is 19.2. The summed E-state index contributed by atoms with van der Waals surface area (Å²) in [5, 5.41) is 11.8. The highest BCUT2D eigenvalue weighted by molar-refractivity contribution is 7.89. The molecule has 4 rings (SSSR count). The predicted molar refractivity (Wildman–Crippen MR) is 155 cm³/mol. The fraction of sp³-hybridized carbons (Fsp3) is 0.345. The maximum Gasteiger partial charge on any atom is 0.243 e. The summed E-state index contributed by atoms with van der Waals surface area (Å²) >= 11 is 0. The normalized spacial score (nSPS) is 16.2. The highest BCUT2D eigenvalue weighted by Crippen LogP contribution is 2.28. The molecule has 10 nitrogen and oxygen atoms in total. The number of rotatable bonds is 12. The van der Waals surface area contributed by atoms with Crippen molar-refractivity contribution in [3.8, 4) is 0 Å². The summed E-state index contributed by atoms with van der Waals surface area (Å²) in [6.07, 6.45) is 2.16. The van der Waals surface area contributed by atoms with Crippen molar-refractivity contribution < 1.29 is 18.0 Å². The summed E-state index contributed by atoms with van der Waals surface area (Å²) in [4.78, 5) is 27.8. The monoisotopic (exact) mass is 564 g/mol. The number of unbranched alkanes of at least 4 members (excludes halogenated alkanes) is 1. The molecule has 1 heterocycles. The van der Waals surface area contributed by atoms with E-state index in [2.05, 4.69) is 5.32 Å². The molecule has 212 valence electrons. The van der Waals surface area contributed by atoms with E-state index in [1.807, 2.05) is 54.6 Å². The zero-order valence-electron chi connectivity index (χ0n) is 22.3. The van der Waals surface area contributed by atoms with Gasteiger partial charge in [-0.15, -0.1) is 0 Å². The van der Waals surface area contributed by atoms with Gasteiger partial charge in [0.25, 0.3) is 0 Å². The topological polar surface area (TPSA) is 163 Å². The van der Waals surface area contributed by atoms with Gasteiger partial charge in [-0.3, -0.25) is 15.0 Å². The van der Waals surface area contributed by atoms with E-state index in [9.17, 15) is 18.0 Å². The van der Waals surface area contributed by atoms with Crippen LogP contribution in [0.5, 0.6) is 0 Å². The molecular weight excluding hydrogens is 528 g/mol. The first kappa shape index (κ1) is 29.0. The molecule has 0 aliphatic carbocycles. The van der Waals surface area contributed by atoms with Crippen molar-refractivity contribution in [2.24, 2.45) is 11.5 Å². The molecule has 3 aromatic carbocycles. The van der Waals surface area contributed by atoms with Crippen molar-refractivity contribution in [2.45, 2.75) is 49.1 Å². The zero-order chi connectivity index (χ0) is 28.7. The Kier molecular flexibility index (Phi) is 9.38. The van der Waals surface area contributed by atoms with Crippen LogP contribution in [0.2, 0.25) is 0 Å². The summed E-state index contributed by atoms with van der Waals surface area (Å²) in [6.45, 7) is 0.795. The summed E-state index contributed by atoms with van der Waals surface area (Å²) in [5.41, 5.74) is 11.8. The average molecular weight is 565 g/mol. The minimum Gasteiger partial charge on any atom is -0.370 e. The van der Waals surface area contributed by atoms with Gasteiger partial charge in [-0.1, -0.05) is 60.7 Å². The molecule has 0 aromatic heterocycles. The lowest BCUT2D eigenvalue weighted by Gasteiger charge is -2.34. The number of carbonyl (C=O) groups is 2. The number of nitrogens with two attached hydrogens (primary N) is 2. The van der Waals surface area contributed by atoms with E-state index < -0.39 is 33.9 Å². The third-order valence-corrected chi connectivity index (χ3v) is 9.12. The molecule has 1 fully saturated rings. The van der Waals surface area contributed by atoms with Gasteiger partial charge >= 0.3 is 0 Å². The Balaban J connectivity index is 1.75. The number of carbonyl (C=O) groups excluding carboxylic acids is 2. The van der Waals surface area contributed by atoms with Gasteiger partial charge in [-0.2, -0.15) is 4.31 Å². The Hall–Kier alpha value is -3.96. The molecule has 0 radical (unpaired) electrons. The predicted octanol–water partition coefficient (Wildman–Crippen LogP) is 2.18. The lowest BCUT2D eigenvalue weighted by atomic mass is 10.0. The summed E-state index contributed by atoms with van der Waals surface area (Å²) in [5.74, 6) is -1.19. The Labute approximate surface area is 234 Å². The standard InChI is InChI=1S/C29H36N6O4S/c30-27(36)25-13-8-17-34(25)28(37)26(19-21-9-2-1-3-10-21)35(18-7-6-16-33-29(31)32)40(38,39)24-15-14-22-11-4-5-12-23(22)20-24/h1-5,9-12,14-15,20,25-26H,6-8,13,16-19H2,(H2,30,36)(H4,31,32,33)/t25-,26-/m0/s1. The van der Waals surface area contributed by atoms with Gasteiger partial charge in [0.05, 0.1) is 4.90 Å². The van der Waals surface area contributed by atoms with E-state index in [0.29, 0.717) is 38.8 Å². The summed E-state index contributed by atoms with van der Waals surface area (Å²) < 4.78 is 29.9. The molecule has 0 spiro atoms. The number of primary amides is 1.